The maximum Gasteiger partial charge on any atom is 0.338 e. The van der Waals surface area contributed by atoms with Gasteiger partial charge in [-0.05, 0) is 38.0 Å². The molecule has 27 heavy (non-hydrogen) atoms. The van der Waals surface area contributed by atoms with Crippen LogP contribution in [0.1, 0.15) is 43.1 Å². The Morgan fingerprint density at radius 3 is 2.26 bits per heavy atom. The summed E-state index contributed by atoms with van der Waals surface area (Å²) in [5, 5.41) is 9.93. The molecule has 0 aliphatic heterocycles. The van der Waals surface area contributed by atoms with Crippen LogP contribution in [0.25, 0.3) is 0 Å². The highest BCUT2D eigenvalue weighted by Crippen LogP contribution is 2.06. The predicted molar refractivity (Wildman–Crippen MR) is 99.1 cm³/mol. The number of benzene rings is 1. The number of urea groups is 2. The average molecular weight is 378 g/mol. The van der Waals surface area contributed by atoms with Crippen molar-refractivity contribution >= 4 is 23.9 Å². The summed E-state index contributed by atoms with van der Waals surface area (Å²) in [5.41, 5.74) is 1.06. The van der Waals surface area contributed by atoms with E-state index in [0.717, 1.165) is 12.0 Å². The second kappa shape index (κ2) is 11.5. The average Bonchev–Trinajstić information content (AvgIpc) is 2.62. The van der Waals surface area contributed by atoms with Crippen molar-refractivity contribution in [3.8, 4) is 0 Å². The summed E-state index contributed by atoms with van der Waals surface area (Å²) in [7, 11) is 0. The van der Waals surface area contributed by atoms with Gasteiger partial charge in [0.15, 0.2) is 6.61 Å². The van der Waals surface area contributed by atoms with Crippen molar-refractivity contribution in [3.63, 3.8) is 0 Å². The lowest BCUT2D eigenvalue weighted by Gasteiger charge is -2.10. The smallest absolute Gasteiger partial charge is 0.338 e. The molecule has 0 aromatic heterocycles. The van der Waals surface area contributed by atoms with Crippen molar-refractivity contribution in [2.75, 3.05) is 13.2 Å². The number of carbonyl (C=O) groups excluding carboxylic acids is 4. The Labute approximate surface area is 158 Å². The van der Waals surface area contributed by atoms with E-state index in [9.17, 15) is 19.2 Å². The van der Waals surface area contributed by atoms with E-state index >= 15 is 0 Å². The lowest BCUT2D eigenvalue weighted by Crippen LogP contribution is -2.41. The Morgan fingerprint density at radius 2 is 1.67 bits per heavy atom. The lowest BCUT2D eigenvalue weighted by molar-refractivity contribution is -0.123. The van der Waals surface area contributed by atoms with Gasteiger partial charge >= 0.3 is 18.0 Å². The lowest BCUT2D eigenvalue weighted by atomic mass is 10.1. The summed E-state index contributed by atoms with van der Waals surface area (Å²) >= 11 is 0. The molecule has 0 saturated carbocycles. The largest absolute Gasteiger partial charge is 0.452 e. The van der Waals surface area contributed by atoms with Gasteiger partial charge in [0.25, 0.3) is 5.91 Å². The van der Waals surface area contributed by atoms with Gasteiger partial charge < -0.3 is 20.7 Å². The molecule has 1 aromatic rings. The van der Waals surface area contributed by atoms with Gasteiger partial charge in [-0.2, -0.15) is 0 Å². The molecule has 0 aliphatic rings. The maximum atomic E-state index is 11.9. The van der Waals surface area contributed by atoms with Crippen LogP contribution < -0.4 is 21.3 Å². The third-order valence-electron chi connectivity index (χ3n) is 3.19. The number of hydrogen-bond donors (Lipinski definition) is 4. The van der Waals surface area contributed by atoms with Crippen molar-refractivity contribution in [3.05, 3.63) is 35.4 Å². The topological polar surface area (TPSA) is 126 Å². The molecule has 0 spiro atoms. The van der Waals surface area contributed by atoms with Crippen LogP contribution in [0.5, 0.6) is 0 Å². The highest BCUT2D eigenvalue weighted by atomic mass is 16.5. The second-order valence-corrected chi connectivity index (χ2v) is 6.06. The van der Waals surface area contributed by atoms with E-state index in [1.807, 2.05) is 20.8 Å². The van der Waals surface area contributed by atoms with Gasteiger partial charge in [0.2, 0.25) is 0 Å². The van der Waals surface area contributed by atoms with Gasteiger partial charge in [-0.25, -0.2) is 14.4 Å². The number of amides is 5. The van der Waals surface area contributed by atoms with Crippen LogP contribution in [-0.2, 0) is 16.1 Å². The second-order valence-electron chi connectivity index (χ2n) is 6.06. The van der Waals surface area contributed by atoms with E-state index in [1.165, 1.54) is 12.1 Å². The summed E-state index contributed by atoms with van der Waals surface area (Å²) in [5.74, 6) is -1.40. The van der Waals surface area contributed by atoms with E-state index < -0.39 is 24.5 Å². The van der Waals surface area contributed by atoms with Crippen molar-refractivity contribution in [1.82, 2.24) is 21.3 Å². The molecular formula is C18H26N4O5. The van der Waals surface area contributed by atoms with Gasteiger partial charge in [0.1, 0.15) is 0 Å². The van der Waals surface area contributed by atoms with Gasteiger partial charge in [-0.3, -0.25) is 10.1 Å². The molecule has 0 unspecified atom stereocenters. The fraction of sp³-hybridized carbons (Fsp3) is 0.444. The third kappa shape index (κ3) is 9.24. The van der Waals surface area contributed by atoms with Crippen LogP contribution in [0.15, 0.2) is 24.3 Å². The number of rotatable bonds is 8. The number of esters is 1. The van der Waals surface area contributed by atoms with Gasteiger partial charge in [0, 0.05) is 19.1 Å². The summed E-state index contributed by atoms with van der Waals surface area (Å²) in [4.78, 5) is 46.3. The van der Waals surface area contributed by atoms with Crippen LogP contribution in [0, 0.1) is 0 Å². The highest BCUT2D eigenvalue weighted by Gasteiger charge is 2.12. The standard InChI is InChI=1S/C18H26N4O5/c1-4-9-19-17(25)22-15(23)11-27-16(24)14-7-5-13(6-8-14)10-20-18(26)21-12(2)3/h5-8,12H,4,9-11H2,1-3H3,(H2,20,21,26)(H2,19,22,23,25). The Morgan fingerprint density at radius 1 is 1.00 bits per heavy atom. The summed E-state index contributed by atoms with van der Waals surface area (Å²) in [6, 6.07) is 5.54. The molecule has 1 rings (SSSR count). The fourth-order valence-electron chi connectivity index (χ4n) is 1.91. The van der Waals surface area contributed by atoms with Crippen LogP contribution >= 0.6 is 0 Å². The minimum atomic E-state index is -0.714. The molecule has 0 saturated heterocycles. The molecule has 4 N–H and O–H groups in total. The SMILES string of the molecule is CCCNC(=O)NC(=O)COC(=O)c1ccc(CNC(=O)NC(C)C)cc1. The van der Waals surface area contributed by atoms with Crippen LogP contribution in [-0.4, -0.2) is 43.1 Å². The molecular weight excluding hydrogens is 352 g/mol. The molecule has 0 radical (unpaired) electrons. The minimum Gasteiger partial charge on any atom is -0.452 e. The fourth-order valence-corrected chi connectivity index (χ4v) is 1.91. The quantitative estimate of drug-likeness (QED) is 0.507. The molecule has 9 heteroatoms. The maximum absolute atomic E-state index is 11.9. The van der Waals surface area contributed by atoms with Crippen LogP contribution in [0.4, 0.5) is 9.59 Å². The zero-order valence-corrected chi connectivity index (χ0v) is 15.8. The molecule has 5 amide bonds. The molecule has 148 valence electrons. The van der Waals surface area contributed by atoms with Crippen LogP contribution in [0.2, 0.25) is 0 Å². The minimum absolute atomic E-state index is 0.0390. The zero-order valence-electron chi connectivity index (χ0n) is 15.8. The van der Waals surface area contributed by atoms with E-state index in [0.29, 0.717) is 13.1 Å². The van der Waals surface area contributed by atoms with E-state index in [2.05, 4.69) is 21.3 Å². The van der Waals surface area contributed by atoms with Crippen LogP contribution in [0.3, 0.4) is 0 Å². The molecule has 1 aromatic carbocycles. The number of carbonyl (C=O) groups is 4. The van der Waals surface area contributed by atoms with Gasteiger partial charge in [-0.15, -0.1) is 0 Å². The first-order chi connectivity index (χ1) is 12.8. The number of nitrogens with one attached hydrogen (secondary N) is 4. The Bertz CT molecular complexity index is 658. The molecule has 0 heterocycles. The molecule has 9 nitrogen and oxygen atoms in total. The molecule has 0 atom stereocenters. The summed E-state index contributed by atoms with van der Waals surface area (Å²) < 4.78 is 4.87. The molecule has 0 bridgehead atoms. The first kappa shape index (κ1) is 21.9. The number of hydrogen-bond acceptors (Lipinski definition) is 5. The Kier molecular flexibility index (Phi) is 9.35. The van der Waals surface area contributed by atoms with E-state index in [1.54, 1.807) is 12.1 Å². The van der Waals surface area contributed by atoms with Crippen molar-refractivity contribution in [2.24, 2.45) is 0 Å². The van der Waals surface area contributed by atoms with Gasteiger partial charge in [0.05, 0.1) is 5.56 Å². The van der Waals surface area contributed by atoms with Gasteiger partial charge in [-0.1, -0.05) is 19.1 Å². The van der Waals surface area contributed by atoms with Crippen molar-refractivity contribution in [1.29, 1.82) is 0 Å². The monoisotopic (exact) mass is 378 g/mol. The Balaban J connectivity index is 2.40. The first-order valence-electron chi connectivity index (χ1n) is 8.70. The number of imide groups is 1. The van der Waals surface area contributed by atoms with E-state index in [4.69, 9.17) is 4.74 Å². The number of ether oxygens (including phenoxy) is 1. The van der Waals surface area contributed by atoms with Crippen molar-refractivity contribution < 1.29 is 23.9 Å². The predicted octanol–water partition coefficient (Wildman–Crippen LogP) is 1.29. The summed E-state index contributed by atoms with van der Waals surface area (Å²) in [6.45, 7) is 5.79. The van der Waals surface area contributed by atoms with E-state index in [-0.39, 0.29) is 17.6 Å². The highest BCUT2D eigenvalue weighted by molar-refractivity contribution is 5.97. The normalized spacial score (nSPS) is 10.1. The first-order valence-corrected chi connectivity index (χ1v) is 8.70. The molecule has 0 fully saturated rings. The Hall–Kier alpha value is -3.10. The summed E-state index contributed by atoms with van der Waals surface area (Å²) in [6.07, 6.45) is 0.741. The molecule has 0 aliphatic carbocycles. The van der Waals surface area contributed by atoms with Crippen molar-refractivity contribution in [2.45, 2.75) is 39.8 Å². The third-order valence-corrected chi connectivity index (χ3v) is 3.19. The zero-order chi connectivity index (χ0) is 20.2.